The van der Waals surface area contributed by atoms with Gasteiger partial charge in [-0.15, -0.1) is 0 Å². The summed E-state index contributed by atoms with van der Waals surface area (Å²) in [5.74, 6) is 1.53. The normalized spacial score (nSPS) is 12.1. The summed E-state index contributed by atoms with van der Waals surface area (Å²) in [6.45, 7) is 0. The molecule has 0 amide bonds. The van der Waals surface area contributed by atoms with Crippen LogP contribution in [0.3, 0.4) is 0 Å². The van der Waals surface area contributed by atoms with Crippen LogP contribution in [0.15, 0.2) is 97.1 Å². The summed E-state index contributed by atoms with van der Waals surface area (Å²) in [7, 11) is 0. The van der Waals surface area contributed by atoms with Crippen LogP contribution < -0.4 is 9.47 Å². The first kappa shape index (κ1) is 17.9. The Morgan fingerprint density at radius 2 is 0.800 bits per heavy atom. The van der Waals surface area contributed by atoms with Gasteiger partial charge in [0.25, 0.3) is 0 Å². The van der Waals surface area contributed by atoms with Gasteiger partial charge < -0.3 is 9.47 Å². The molecule has 0 N–H and O–H groups in total. The standard InChI is InChI=1S/C26H16O4/c27-25-19-13-7-8-14-20(19)26(28)22-16-24(30-18-11-5-2-6-12-18)23(15-21(22)25)29-17-9-3-1-4-10-17/h1-16H. The minimum absolute atomic E-state index is 0.204. The Hall–Kier alpha value is -4.18. The lowest BCUT2D eigenvalue weighted by molar-refractivity contribution is 0.0978. The number of fused-ring (bicyclic) bond motifs is 2. The molecule has 144 valence electrons. The van der Waals surface area contributed by atoms with Crippen molar-refractivity contribution in [2.24, 2.45) is 0 Å². The maximum absolute atomic E-state index is 13.1. The monoisotopic (exact) mass is 392 g/mol. The quantitative estimate of drug-likeness (QED) is 0.374. The van der Waals surface area contributed by atoms with E-state index in [4.69, 9.17) is 9.47 Å². The van der Waals surface area contributed by atoms with Crippen LogP contribution in [0.25, 0.3) is 0 Å². The molecule has 0 unspecified atom stereocenters. The molecule has 0 spiro atoms. The van der Waals surface area contributed by atoms with Gasteiger partial charge in [-0.2, -0.15) is 0 Å². The Morgan fingerprint density at radius 3 is 1.20 bits per heavy atom. The van der Waals surface area contributed by atoms with Crippen molar-refractivity contribution in [2.45, 2.75) is 0 Å². The van der Waals surface area contributed by atoms with Gasteiger partial charge in [0.2, 0.25) is 0 Å². The molecular formula is C26H16O4. The van der Waals surface area contributed by atoms with Crippen molar-refractivity contribution in [1.29, 1.82) is 0 Å². The first-order valence-electron chi connectivity index (χ1n) is 9.53. The van der Waals surface area contributed by atoms with Crippen molar-refractivity contribution < 1.29 is 19.1 Å². The molecule has 0 atom stereocenters. The number of hydrogen-bond acceptors (Lipinski definition) is 4. The van der Waals surface area contributed by atoms with Crippen molar-refractivity contribution in [2.75, 3.05) is 0 Å². The maximum atomic E-state index is 13.1. The van der Waals surface area contributed by atoms with Crippen LogP contribution in [0.4, 0.5) is 0 Å². The highest BCUT2D eigenvalue weighted by Crippen LogP contribution is 2.40. The van der Waals surface area contributed by atoms with Gasteiger partial charge in [-0.05, 0) is 36.4 Å². The molecule has 0 radical (unpaired) electrons. The molecule has 4 nitrogen and oxygen atoms in total. The van der Waals surface area contributed by atoms with Crippen LogP contribution >= 0.6 is 0 Å². The number of ether oxygens (including phenoxy) is 2. The fraction of sp³-hybridized carbons (Fsp3) is 0. The molecular weight excluding hydrogens is 376 g/mol. The van der Waals surface area contributed by atoms with Crippen LogP contribution in [0.1, 0.15) is 31.8 Å². The summed E-state index contributed by atoms with van der Waals surface area (Å²) in [4.78, 5) is 26.2. The Kier molecular flexibility index (Phi) is 4.37. The lowest BCUT2D eigenvalue weighted by atomic mass is 9.84. The number of hydrogen-bond donors (Lipinski definition) is 0. The van der Waals surface area contributed by atoms with Gasteiger partial charge in [-0.3, -0.25) is 9.59 Å². The average molecular weight is 392 g/mol. The molecule has 4 aromatic carbocycles. The van der Waals surface area contributed by atoms with Crippen molar-refractivity contribution in [3.63, 3.8) is 0 Å². The van der Waals surface area contributed by atoms with E-state index in [2.05, 4.69) is 0 Å². The Morgan fingerprint density at radius 1 is 0.433 bits per heavy atom. The van der Waals surface area contributed by atoms with E-state index in [-0.39, 0.29) is 11.6 Å². The molecule has 0 heterocycles. The maximum Gasteiger partial charge on any atom is 0.194 e. The highest BCUT2D eigenvalue weighted by Gasteiger charge is 2.31. The molecule has 5 rings (SSSR count). The molecule has 1 aliphatic carbocycles. The van der Waals surface area contributed by atoms with Crippen LogP contribution in [-0.2, 0) is 0 Å². The Labute approximate surface area is 173 Å². The highest BCUT2D eigenvalue weighted by atomic mass is 16.5. The summed E-state index contributed by atoms with van der Waals surface area (Å²) < 4.78 is 12.1. The predicted octanol–water partition coefficient (Wildman–Crippen LogP) is 6.05. The molecule has 4 heteroatoms. The third kappa shape index (κ3) is 3.14. The molecule has 0 saturated heterocycles. The molecule has 0 saturated carbocycles. The van der Waals surface area contributed by atoms with Crippen LogP contribution in [0.5, 0.6) is 23.0 Å². The van der Waals surface area contributed by atoms with Crippen molar-refractivity contribution in [1.82, 2.24) is 0 Å². The van der Waals surface area contributed by atoms with E-state index in [1.165, 1.54) is 0 Å². The highest BCUT2D eigenvalue weighted by molar-refractivity contribution is 6.28. The number of rotatable bonds is 4. The van der Waals surface area contributed by atoms with Gasteiger partial charge in [0.15, 0.2) is 23.1 Å². The zero-order valence-corrected chi connectivity index (χ0v) is 15.9. The summed E-state index contributed by atoms with van der Waals surface area (Å²) in [6, 6.07) is 28.5. The summed E-state index contributed by atoms with van der Waals surface area (Å²) in [6.07, 6.45) is 0. The number of ketones is 2. The second-order valence-corrected chi connectivity index (χ2v) is 6.88. The second kappa shape index (κ2) is 7.33. The van der Waals surface area contributed by atoms with E-state index in [1.807, 2.05) is 60.7 Å². The Balaban J connectivity index is 1.65. The second-order valence-electron chi connectivity index (χ2n) is 6.88. The minimum Gasteiger partial charge on any atom is -0.453 e. The number of carbonyl (C=O) groups is 2. The van der Waals surface area contributed by atoms with Crippen LogP contribution in [0, 0.1) is 0 Å². The number of para-hydroxylation sites is 2. The van der Waals surface area contributed by atoms with E-state index >= 15 is 0 Å². The van der Waals surface area contributed by atoms with Gasteiger partial charge >= 0.3 is 0 Å². The molecule has 4 aromatic rings. The van der Waals surface area contributed by atoms with Crippen molar-refractivity contribution in [3.05, 3.63) is 119 Å². The minimum atomic E-state index is -0.204. The van der Waals surface area contributed by atoms with Gasteiger partial charge in [0.05, 0.1) is 0 Å². The van der Waals surface area contributed by atoms with Gasteiger partial charge in [0.1, 0.15) is 11.5 Å². The molecule has 0 bridgehead atoms. The zero-order valence-electron chi connectivity index (χ0n) is 15.9. The van der Waals surface area contributed by atoms with Crippen molar-refractivity contribution >= 4 is 11.6 Å². The fourth-order valence-electron chi connectivity index (χ4n) is 3.50. The molecule has 0 aliphatic heterocycles. The Bertz CT molecular complexity index is 1160. The van der Waals surface area contributed by atoms with Gasteiger partial charge in [-0.25, -0.2) is 0 Å². The van der Waals surface area contributed by atoms with E-state index in [1.54, 1.807) is 36.4 Å². The molecule has 1 aliphatic rings. The predicted molar refractivity (Wildman–Crippen MR) is 113 cm³/mol. The first-order valence-corrected chi connectivity index (χ1v) is 9.53. The summed E-state index contributed by atoms with van der Waals surface area (Å²) in [5, 5.41) is 0. The summed E-state index contributed by atoms with van der Waals surface area (Å²) in [5.41, 5.74) is 1.42. The van der Waals surface area contributed by atoms with E-state index in [0.717, 1.165) is 0 Å². The third-order valence-corrected chi connectivity index (χ3v) is 4.93. The van der Waals surface area contributed by atoms with Crippen LogP contribution in [-0.4, -0.2) is 11.6 Å². The molecule has 0 fully saturated rings. The van der Waals surface area contributed by atoms with Crippen LogP contribution in [0.2, 0.25) is 0 Å². The topological polar surface area (TPSA) is 52.6 Å². The SMILES string of the molecule is O=C1c2ccccc2C(=O)c2cc(Oc3ccccc3)c(Oc3ccccc3)cc21. The van der Waals surface area contributed by atoms with E-state index in [9.17, 15) is 9.59 Å². The average Bonchev–Trinajstić information content (AvgIpc) is 2.79. The first-order chi connectivity index (χ1) is 14.7. The zero-order chi connectivity index (χ0) is 20.5. The number of carbonyl (C=O) groups excluding carboxylic acids is 2. The smallest absolute Gasteiger partial charge is 0.194 e. The largest absolute Gasteiger partial charge is 0.453 e. The van der Waals surface area contributed by atoms with Gasteiger partial charge in [-0.1, -0.05) is 60.7 Å². The van der Waals surface area contributed by atoms with E-state index in [0.29, 0.717) is 45.3 Å². The summed E-state index contributed by atoms with van der Waals surface area (Å²) >= 11 is 0. The fourth-order valence-corrected chi connectivity index (χ4v) is 3.50. The van der Waals surface area contributed by atoms with E-state index < -0.39 is 0 Å². The van der Waals surface area contributed by atoms with Crippen molar-refractivity contribution in [3.8, 4) is 23.0 Å². The lowest BCUT2D eigenvalue weighted by Gasteiger charge is -2.20. The molecule has 30 heavy (non-hydrogen) atoms. The lowest BCUT2D eigenvalue weighted by Crippen LogP contribution is -2.21. The van der Waals surface area contributed by atoms with Gasteiger partial charge in [0, 0.05) is 22.3 Å². The molecule has 0 aromatic heterocycles. The third-order valence-electron chi connectivity index (χ3n) is 4.93. The number of benzene rings is 4.